The third-order valence-corrected chi connectivity index (χ3v) is 3.24. The van der Waals surface area contributed by atoms with Crippen molar-refractivity contribution >= 4 is 5.82 Å². The van der Waals surface area contributed by atoms with E-state index in [0.29, 0.717) is 5.82 Å². The summed E-state index contributed by atoms with van der Waals surface area (Å²) >= 11 is 0. The van der Waals surface area contributed by atoms with E-state index in [2.05, 4.69) is 15.3 Å². The summed E-state index contributed by atoms with van der Waals surface area (Å²) in [4.78, 5) is 0. The Morgan fingerprint density at radius 2 is 1.95 bits per heavy atom. The van der Waals surface area contributed by atoms with Gasteiger partial charge in [-0.25, -0.2) is 0 Å². The lowest BCUT2D eigenvalue weighted by molar-refractivity contribution is 0.782. The number of hydrogen-bond donors (Lipinski definition) is 2. The van der Waals surface area contributed by atoms with Crippen LogP contribution in [0.3, 0.4) is 0 Å². The van der Waals surface area contributed by atoms with Gasteiger partial charge >= 0.3 is 0 Å². The van der Waals surface area contributed by atoms with Crippen LogP contribution in [0.4, 0.5) is 5.82 Å². The Balaban J connectivity index is 2.28. The molecule has 1 aromatic carbocycles. The van der Waals surface area contributed by atoms with Crippen LogP contribution in [0.15, 0.2) is 36.5 Å². The summed E-state index contributed by atoms with van der Waals surface area (Å²) in [5, 5.41) is 11.5. The fourth-order valence-corrected chi connectivity index (χ4v) is 2.20. The van der Waals surface area contributed by atoms with E-state index in [0.717, 1.165) is 28.1 Å². The average molecular weight is 253 g/mol. The van der Waals surface area contributed by atoms with E-state index >= 15 is 0 Å². The number of nitrogens with two attached hydrogens (primary N) is 1. The van der Waals surface area contributed by atoms with Gasteiger partial charge in [-0.2, -0.15) is 10.2 Å². The predicted molar refractivity (Wildman–Crippen MR) is 75.4 cm³/mol. The second-order valence-electron chi connectivity index (χ2n) is 4.51. The molecule has 0 unspecified atom stereocenters. The number of rotatable bonds is 2. The number of nitrogen functional groups attached to an aromatic ring is 1. The third-order valence-electron chi connectivity index (χ3n) is 3.24. The lowest BCUT2D eigenvalue weighted by Gasteiger charge is -2.03. The first-order valence-electron chi connectivity index (χ1n) is 6.06. The molecular formula is C14H15N5. The first-order chi connectivity index (χ1) is 9.18. The van der Waals surface area contributed by atoms with Crippen molar-refractivity contribution in [3.8, 4) is 22.4 Å². The molecule has 0 aliphatic rings. The number of aromatic amines is 1. The summed E-state index contributed by atoms with van der Waals surface area (Å²) in [6.45, 7) is 1.97. The lowest BCUT2D eigenvalue weighted by Crippen LogP contribution is -1.97. The van der Waals surface area contributed by atoms with Crippen molar-refractivity contribution in [2.24, 2.45) is 7.05 Å². The maximum absolute atomic E-state index is 6.16. The van der Waals surface area contributed by atoms with Crippen LogP contribution < -0.4 is 5.73 Å². The Labute approximate surface area is 111 Å². The van der Waals surface area contributed by atoms with E-state index < -0.39 is 0 Å². The van der Waals surface area contributed by atoms with Crippen molar-refractivity contribution in [1.82, 2.24) is 20.0 Å². The van der Waals surface area contributed by atoms with Crippen LogP contribution in [0.25, 0.3) is 22.4 Å². The summed E-state index contributed by atoms with van der Waals surface area (Å²) in [7, 11) is 1.85. The number of hydrogen-bond acceptors (Lipinski definition) is 3. The highest BCUT2D eigenvalue weighted by atomic mass is 15.3. The van der Waals surface area contributed by atoms with Crippen molar-refractivity contribution in [2.45, 2.75) is 6.92 Å². The molecular weight excluding hydrogens is 238 g/mol. The molecule has 96 valence electrons. The predicted octanol–water partition coefficient (Wildman–Crippen LogP) is 2.37. The summed E-state index contributed by atoms with van der Waals surface area (Å²) in [5.74, 6) is 0.654. The van der Waals surface area contributed by atoms with E-state index in [9.17, 15) is 0 Å². The number of nitrogens with zero attached hydrogens (tertiary/aromatic N) is 3. The van der Waals surface area contributed by atoms with Gasteiger partial charge in [-0.05, 0) is 12.5 Å². The standard InChI is InChI=1S/C14H15N5/c1-9-11(8-16-17-9)13-12(14(15)19(2)18-13)10-6-4-3-5-7-10/h3-8H,15H2,1-2H3,(H,16,17). The van der Waals surface area contributed by atoms with Crippen molar-refractivity contribution in [3.05, 3.63) is 42.2 Å². The molecule has 3 rings (SSSR count). The quantitative estimate of drug-likeness (QED) is 0.736. The van der Waals surface area contributed by atoms with E-state index in [-0.39, 0.29) is 0 Å². The molecule has 5 heteroatoms. The minimum atomic E-state index is 0.654. The zero-order chi connectivity index (χ0) is 13.4. The molecule has 3 N–H and O–H groups in total. The van der Waals surface area contributed by atoms with Crippen LogP contribution in [0.5, 0.6) is 0 Å². The second kappa shape index (κ2) is 4.28. The molecule has 2 aromatic heterocycles. The molecule has 0 saturated carbocycles. The largest absolute Gasteiger partial charge is 0.383 e. The van der Waals surface area contributed by atoms with Crippen molar-refractivity contribution in [1.29, 1.82) is 0 Å². The van der Waals surface area contributed by atoms with Crippen LogP contribution in [-0.2, 0) is 7.05 Å². The van der Waals surface area contributed by atoms with Crippen molar-refractivity contribution in [2.75, 3.05) is 5.73 Å². The van der Waals surface area contributed by atoms with Crippen LogP contribution >= 0.6 is 0 Å². The van der Waals surface area contributed by atoms with Gasteiger partial charge in [0.15, 0.2) is 0 Å². The highest BCUT2D eigenvalue weighted by Gasteiger charge is 2.19. The number of H-pyrrole nitrogens is 1. The van der Waals surface area contributed by atoms with Gasteiger partial charge in [0.25, 0.3) is 0 Å². The van der Waals surface area contributed by atoms with E-state index in [1.54, 1.807) is 10.9 Å². The minimum Gasteiger partial charge on any atom is -0.383 e. The Morgan fingerprint density at radius 3 is 2.58 bits per heavy atom. The maximum Gasteiger partial charge on any atom is 0.129 e. The molecule has 0 amide bonds. The molecule has 0 aliphatic heterocycles. The Morgan fingerprint density at radius 1 is 1.21 bits per heavy atom. The van der Waals surface area contributed by atoms with E-state index in [4.69, 9.17) is 5.73 Å². The number of nitrogens with one attached hydrogen (secondary N) is 1. The first kappa shape index (κ1) is 11.5. The molecule has 3 aromatic rings. The van der Waals surface area contributed by atoms with Gasteiger partial charge in [0.05, 0.1) is 11.8 Å². The van der Waals surface area contributed by atoms with Crippen LogP contribution in [-0.4, -0.2) is 20.0 Å². The monoisotopic (exact) mass is 253 g/mol. The van der Waals surface area contributed by atoms with Gasteiger partial charge in [0, 0.05) is 18.3 Å². The normalized spacial score (nSPS) is 10.8. The molecule has 2 heterocycles. The zero-order valence-corrected chi connectivity index (χ0v) is 10.9. The maximum atomic E-state index is 6.16. The van der Waals surface area contributed by atoms with Crippen LogP contribution in [0.1, 0.15) is 5.69 Å². The van der Waals surface area contributed by atoms with E-state index in [1.807, 2.05) is 44.3 Å². The first-order valence-corrected chi connectivity index (χ1v) is 6.06. The Hall–Kier alpha value is -2.56. The summed E-state index contributed by atoms with van der Waals surface area (Å²) in [5.41, 5.74) is 11.0. The second-order valence-corrected chi connectivity index (χ2v) is 4.51. The fourth-order valence-electron chi connectivity index (χ4n) is 2.20. The minimum absolute atomic E-state index is 0.654. The van der Waals surface area contributed by atoms with Gasteiger partial charge in [-0.1, -0.05) is 30.3 Å². The number of anilines is 1. The number of benzene rings is 1. The third kappa shape index (κ3) is 1.79. The molecule has 0 spiro atoms. The fraction of sp³-hybridized carbons (Fsp3) is 0.143. The number of aryl methyl sites for hydroxylation is 2. The topological polar surface area (TPSA) is 72.5 Å². The number of aromatic nitrogens is 4. The van der Waals surface area contributed by atoms with Crippen molar-refractivity contribution < 1.29 is 0 Å². The van der Waals surface area contributed by atoms with Crippen molar-refractivity contribution in [3.63, 3.8) is 0 Å². The van der Waals surface area contributed by atoms with Crippen LogP contribution in [0.2, 0.25) is 0 Å². The average Bonchev–Trinajstić information content (AvgIpc) is 2.96. The molecule has 5 nitrogen and oxygen atoms in total. The molecule has 0 saturated heterocycles. The SMILES string of the molecule is Cc1[nH]ncc1-c1nn(C)c(N)c1-c1ccccc1. The van der Waals surface area contributed by atoms with Gasteiger partial charge < -0.3 is 5.73 Å². The summed E-state index contributed by atoms with van der Waals surface area (Å²) in [6.07, 6.45) is 1.78. The molecule has 0 atom stereocenters. The summed E-state index contributed by atoms with van der Waals surface area (Å²) in [6, 6.07) is 10.0. The highest BCUT2D eigenvalue weighted by Crippen LogP contribution is 2.36. The summed E-state index contributed by atoms with van der Waals surface area (Å²) < 4.78 is 1.70. The highest BCUT2D eigenvalue weighted by molar-refractivity contribution is 5.88. The molecule has 0 radical (unpaired) electrons. The van der Waals surface area contributed by atoms with E-state index in [1.165, 1.54) is 0 Å². The molecule has 0 fully saturated rings. The molecule has 0 bridgehead atoms. The van der Waals surface area contributed by atoms with Crippen LogP contribution in [0, 0.1) is 6.92 Å². The van der Waals surface area contributed by atoms with Gasteiger partial charge in [-0.3, -0.25) is 9.78 Å². The van der Waals surface area contributed by atoms with Gasteiger partial charge in [0.2, 0.25) is 0 Å². The molecule has 0 aliphatic carbocycles. The Kier molecular flexibility index (Phi) is 2.59. The lowest BCUT2D eigenvalue weighted by atomic mass is 10.0. The smallest absolute Gasteiger partial charge is 0.129 e. The molecule has 19 heavy (non-hydrogen) atoms. The van der Waals surface area contributed by atoms with Gasteiger partial charge in [-0.15, -0.1) is 0 Å². The van der Waals surface area contributed by atoms with Gasteiger partial charge in [0.1, 0.15) is 11.5 Å². The zero-order valence-electron chi connectivity index (χ0n) is 10.9. The Bertz CT molecular complexity index is 709.